The van der Waals surface area contributed by atoms with Crippen LogP contribution in [-0.4, -0.2) is 21.1 Å². The van der Waals surface area contributed by atoms with Gasteiger partial charge in [-0.1, -0.05) is 35.0 Å². The number of pyridine rings is 1. The number of hydrogen-bond donors (Lipinski definition) is 0. The van der Waals surface area contributed by atoms with Crippen LogP contribution in [0.5, 0.6) is 0 Å². The maximum absolute atomic E-state index is 11.8. The van der Waals surface area contributed by atoms with Crippen LogP contribution in [0, 0.1) is 0 Å². The van der Waals surface area contributed by atoms with Crippen molar-refractivity contribution in [3.63, 3.8) is 0 Å². The third-order valence-corrected chi connectivity index (χ3v) is 3.43. The second-order valence-corrected chi connectivity index (χ2v) is 5.45. The average molecular weight is 344 g/mol. The van der Waals surface area contributed by atoms with Crippen molar-refractivity contribution < 1.29 is 14.1 Å². The SMILES string of the molecule is O=C(CCc1nc(-c2ccccn2)no1)OCc1cccc(Cl)c1. The van der Waals surface area contributed by atoms with Crippen LogP contribution >= 0.6 is 11.6 Å². The number of rotatable bonds is 6. The fourth-order valence-corrected chi connectivity index (χ4v) is 2.24. The van der Waals surface area contributed by atoms with Gasteiger partial charge in [-0.3, -0.25) is 9.78 Å². The molecular weight excluding hydrogens is 330 g/mol. The normalized spacial score (nSPS) is 10.5. The van der Waals surface area contributed by atoms with Crippen LogP contribution in [0.2, 0.25) is 5.02 Å². The number of carbonyl (C=O) groups excluding carboxylic acids is 1. The Labute approximate surface area is 143 Å². The van der Waals surface area contributed by atoms with Crippen molar-refractivity contribution in [3.8, 4) is 11.5 Å². The summed E-state index contributed by atoms with van der Waals surface area (Å²) in [5.74, 6) is 0.431. The number of esters is 1. The van der Waals surface area contributed by atoms with E-state index in [-0.39, 0.29) is 19.0 Å². The number of ether oxygens (including phenoxy) is 1. The highest BCUT2D eigenvalue weighted by Crippen LogP contribution is 2.14. The van der Waals surface area contributed by atoms with Gasteiger partial charge in [-0.05, 0) is 29.8 Å². The van der Waals surface area contributed by atoms with E-state index < -0.39 is 0 Å². The zero-order valence-electron chi connectivity index (χ0n) is 12.7. The van der Waals surface area contributed by atoms with Crippen molar-refractivity contribution in [1.82, 2.24) is 15.1 Å². The number of aromatic nitrogens is 3. The molecule has 6 nitrogen and oxygen atoms in total. The topological polar surface area (TPSA) is 78.1 Å². The zero-order chi connectivity index (χ0) is 16.8. The molecule has 122 valence electrons. The Bertz CT molecular complexity index is 821. The first kappa shape index (κ1) is 16.1. The fourth-order valence-electron chi connectivity index (χ4n) is 2.03. The molecule has 0 bridgehead atoms. The highest BCUT2D eigenvalue weighted by atomic mass is 35.5. The quantitative estimate of drug-likeness (QED) is 0.638. The molecule has 0 unspecified atom stereocenters. The van der Waals surface area contributed by atoms with E-state index in [1.165, 1.54) is 0 Å². The van der Waals surface area contributed by atoms with E-state index in [1.54, 1.807) is 30.5 Å². The molecule has 0 atom stereocenters. The first-order chi connectivity index (χ1) is 11.7. The third kappa shape index (κ3) is 4.39. The summed E-state index contributed by atoms with van der Waals surface area (Å²) in [5.41, 5.74) is 1.46. The van der Waals surface area contributed by atoms with E-state index in [2.05, 4.69) is 15.1 Å². The molecule has 0 saturated heterocycles. The van der Waals surface area contributed by atoms with Crippen LogP contribution in [0.25, 0.3) is 11.5 Å². The molecule has 0 fully saturated rings. The Morgan fingerprint density at radius 3 is 2.92 bits per heavy atom. The molecule has 0 saturated carbocycles. The molecule has 3 aromatic rings. The number of hydrogen-bond acceptors (Lipinski definition) is 6. The van der Waals surface area contributed by atoms with Gasteiger partial charge in [0.1, 0.15) is 12.3 Å². The number of halogens is 1. The lowest BCUT2D eigenvalue weighted by molar-refractivity contribution is -0.145. The van der Waals surface area contributed by atoms with Gasteiger partial charge in [-0.2, -0.15) is 4.98 Å². The molecule has 0 amide bonds. The lowest BCUT2D eigenvalue weighted by Crippen LogP contribution is -2.06. The fraction of sp³-hybridized carbons (Fsp3) is 0.176. The number of nitrogens with zero attached hydrogens (tertiary/aromatic N) is 3. The number of benzene rings is 1. The van der Waals surface area contributed by atoms with Crippen LogP contribution in [0.4, 0.5) is 0 Å². The largest absolute Gasteiger partial charge is 0.461 e. The van der Waals surface area contributed by atoms with Crippen LogP contribution in [0.3, 0.4) is 0 Å². The molecule has 0 aliphatic rings. The van der Waals surface area contributed by atoms with E-state index in [9.17, 15) is 4.79 Å². The van der Waals surface area contributed by atoms with Crippen molar-refractivity contribution in [2.75, 3.05) is 0 Å². The molecule has 0 radical (unpaired) electrons. The summed E-state index contributed by atoms with van der Waals surface area (Å²) in [4.78, 5) is 20.2. The van der Waals surface area contributed by atoms with E-state index in [4.69, 9.17) is 20.9 Å². The van der Waals surface area contributed by atoms with Crippen molar-refractivity contribution in [1.29, 1.82) is 0 Å². The van der Waals surface area contributed by atoms with Crippen molar-refractivity contribution in [2.24, 2.45) is 0 Å². The third-order valence-electron chi connectivity index (χ3n) is 3.19. The van der Waals surface area contributed by atoms with Gasteiger partial charge < -0.3 is 9.26 Å². The van der Waals surface area contributed by atoms with Crippen molar-refractivity contribution in [2.45, 2.75) is 19.4 Å². The molecule has 0 aliphatic heterocycles. The van der Waals surface area contributed by atoms with E-state index in [1.807, 2.05) is 18.2 Å². The molecular formula is C17H14ClN3O3. The summed E-state index contributed by atoms with van der Waals surface area (Å²) in [6, 6.07) is 12.6. The Balaban J connectivity index is 1.49. The summed E-state index contributed by atoms with van der Waals surface area (Å²) in [7, 11) is 0. The second kappa shape index (κ2) is 7.70. The van der Waals surface area contributed by atoms with Crippen molar-refractivity contribution in [3.05, 3.63) is 65.1 Å². The monoisotopic (exact) mass is 343 g/mol. The maximum Gasteiger partial charge on any atom is 0.306 e. The Morgan fingerprint density at radius 1 is 1.21 bits per heavy atom. The van der Waals surface area contributed by atoms with E-state index in [0.717, 1.165) is 5.56 Å². The average Bonchev–Trinajstić information content (AvgIpc) is 3.08. The first-order valence-corrected chi connectivity index (χ1v) is 7.72. The first-order valence-electron chi connectivity index (χ1n) is 7.35. The van der Waals surface area contributed by atoms with Gasteiger partial charge >= 0.3 is 5.97 Å². The second-order valence-electron chi connectivity index (χ2n) is 5.02. The minimum atomic E-state index is -0.340. The summed E-state index contributed by atoms with van der Waals surface area (Å²) < 4.78 is 10.3. The summed E-state index contributed by atoms with van der Waals surface area (Å²) in [5, 5.41) is 4.46. The standard InChI is InChI=1S/C17H14ClN3O3/c18-13-5-3-4-12(10-13)11-23-16(22)8-7-15-20-17(21-24-15)14-6-1-2-9-19-14/h1-6,9-10H,7-8,11H2. The van der Waals surface area contributed by atoms with Gasteiger partial charge in [0.2, 0.25) is 11.7 Å². The molecule has 1 aromatic carbocycles. The highest BCUT2D eigenvalue weighted by molar-refractivity contribution is 6.30. The van der Waals surface area contributed by atoms with Crippen LogP contribution in [0.15, 0.2) is 53.2 Å². The maximum atomic E-state index is 11.8. The molecule has 3 rings (SSSR count). The molecule has 2 heterocycles. The Kier molecular flexibility index (Phi) is 5.18. The Morgan fingerprint density at radius 2 is 2.12 bits per heavy atom. The summed E-state index contributed by atoms with van der Waals surface area (Å²) in [6.45, 7) is 0.183. The Hall–Kier alpha value is -2.73. The molecule has 0 spiro atoms. The van der Waals surface area contributed by atoms with Gasteiger partial charge in [-0.15, -0.1) is 0 Å². The minimum Gasteiger partial charge on any atom is -0.461 e. The van der Waals surface area contributed by atoms with Gasteiger partial charge in [0.15, 0.2) is 0 Å². The predicted octanol–water partition coefficient (Wildman–Crippen LogP) is 3.46. The van der Waals surface area contributed by atoms with E-state index >= 15 is 0 Å². The minimum absolute atomic E-state index is 0.157. The van der Waals surface area contributed by atoms with Crippen LogP contribution in [-0.2, 0) is 22.6 Å². The van der Waals surface area contributed by atoms with Crippen LogP contribution < -0.4 is 0 Å². The molecule has 0 N–H and O–H groups in total. The van der Waals surface area contributed by atoms with Gasteiger partial charge in [0.05, 0.1) is 6.42 Å². The number of carbonyl (C=O) groups is 1. The molecule has 7 heteroatoms. The van der Waals surface area contributed by atoms with Gasteiger partial charge in [0, 0.05) is 17.6 Å². The smallest absolute Gasteiger partial charge is 0.306 e. The molecule has 0 aliphatic carbocycles. The summed E-state index contributed by atoms with van der Waals surface area (Å²) >= 11 is 5.88. The molecule has 2 aromatic heterocycles. The lowest BCUT2D eigenvalue weighted by atomic mass is 10.2. The lowest BCUT2D eigenvalue weighted by Gasteiger charge is -2.04. The number of aryl methyl sites for hydroxylation is 1. The summed E-state index contributed by atoms with van der Waals surface area (Å²) in [6.07, 6.45) is 2.12. The van der Waals surface area contributed by atoms with E-state index in [0.29, 0.717) is 28.9 Å². The highest BCUT2D eigenvalue weighted by Gasteiger charge is 2.12. The zero-order valence-corrected chi connectivity index (χ0v) is 13.4. The van der Waals surface area contributed by atoms with Crippen LogP contribution in [0.1, 0.15) is 17.9 Å². The van der Waals surface area contributed by atoms with Crippen molar-refractivity contribution >= 4 is 17.6 Å². The molecule has 24 heavy (non-hydrogen) atoms. The van der Waals surface area contributed by atoms with Gasteiger partial charge in [0.25, 0.3) is 0 Å². The van der Waals surface area contributed by atoms with Gasteiger partial charge in [-0.25, -0.2) is 0 Å². The predicted molar refractivity (Wildman–Crippen MR) is 87.1 cm³/mol.